The number of nitrogens with zero attached hydrogens (tertiary/aromatic N) is 1. The van der Waals surface area contributed by atoms with Crippen LogP contribution in [0.15, 0.2) is 29.3 Å². The van der Waals surface area contributed by atoms with E-state index in [4.69, 9.17) is 16.3 Å². The first-order valence-corrected chi connectivity index (χ1v) is 9.97. The van der Waals surface area contributed by atoms with Crippen LogP contribution in [0.4, 0.5) is 14.5 Å². The number of anilines is 1. The first-order valence-electron chi connectivity index (χ1n) is 7.94. The third-order valence-electron chi connectivity index (χ3n) is 4.25. The Morgan fingerprint density at radius 3 is 2.59 bits per heavy atom. The van der Waals surface area contributed by atoms with Gasteiger partial charge < -0.3 is 14.6 Å². The molecule has 1 N–H and O–H groups in total. The Bertz CT molecular complexity index is 1020. The third kappa shape index (κ3) is 3.85. The number of rotatable bonds is 5. The quantitative estimate of drug-likeness (QED) is 0.809. The Hall–Kier alpha value is -1.97. The molecule has 0 unspecified atom stereocenters. The van der Waals surface area contributed by atoms with Crippen LogP contribution >= 0.6 is 11.6 Å². The minimum Gasteiger partial charge on any atom is -0.380 e. The van der Waals surface area contributed by atoms with E-state index < -0.39 is 43.4 Å². The maximum atomic E-state index is 14.8. The zero-order valence-corrected chi connectivity index (χ0v) is 16.1. The second-order valence-corrected chi connectivity index (χ2v) is 9.28. The van der Waals surface area contributed by atoms with Gasteiger partial charge >= 0.3 is 0 Å². The van der Waals surface area contributed by atoms with E-state index in [0.717, 1.165) is 16.8 Å². The van der Waals surface area contributed by atoms with Gasteiger partial charge in [0.05, 0.1) is 24.0 Å². The van der Waals surface area contributed by atoms with Gasteiger partial charge in [0.1, 0.15) is 16.4 Å². The van der Waals surface area contributed by atoms with Crippen molar-refractivity contribution < 1.29 is 26.7 Å². The first-order chi connectivity index (χ1) is 12.5. The standard InChI is InChI=1S/C17H17ClF2N2O4S/c1-17(7-26-8-17)9-27(24,25)13-6-22(2)15(14(13)20)16(23)21-10-3-4-12(19)11(18)5-10/h3-6H,7-9H2,1-2H3,(H,21,23). The molecule has 10 heteroatoms. The molecular formula is C17H17ClF2N2O4S. The van der Waals surface area contributed by atoms with Crippen LogP contribution in [-0.2, 0) is 21.6 Å². The summed E-state index contributed by atoms with van der Waals surface area (Å²) in [5.41, 5.74) is -0.881. The lowest BCUT2D eigenvalue weighted by Crippen LogP contribution is -2.45. The summed E-state index contributed by atoms with van der Waals surface area (Å²) in [5, 5.41) is 2.17. The van der Waals surface area contributed by atoms with Crippen LogP contribution in [-0.4, -0.2) is 37.9 Å². The molecule has 0 atom stereocenters. The summed E-state index contributed by atoms with van der Waals surface area (Å²) < 4.78 is 59.3. The molecule has 0 spiro atoms. The van der Waals surface area contributed by atoms with Gasteiger partial charge in [-0.25, -0.2) is 17.2 Å². The van der Waals surface area contributed by atoms with Crippen molar-refractivity contribution in [2.24, 2.45) is 12.5 Å². The average Bonchev–Trinajstić information content (AvgIpc) is 2.84. The molecule has 1 fully saturated rings. The lowest BCUT2D eigenvalue weighted by atomic mass is 9.92. The number of hydrogen-bond donors (Lipinski definition) is 1. The maximum Gasteiger partial charge on any atom is 0.275 e. The van der Waals surface area contributed by atoms with E-state index >= 15 is 0 Å². The fourth-order valence-electron chi connectivity index (χ4n) is 2.88. The predicted octanol–water partition coefficient (Wildman–Crippen LogP) is 3.02. The summed E-state index contributed by atoms with van der Waals surface area (Å²) in [6.45, 7) is 2.29. The summed E-state index contributed by atoms with van der Waals surface area (Å²) >= 11 is 5.66. The maximum absolute atomic E-state index is 14.8. The third-order valence-corrected chi connectivity index (χ3v) is 6.58. The number of nitrogens with one attached hydrogen (secondary N) is 1. The minimum atomic E-state index is -3.96. The van der Waals surface area contributed by atoms with E-state index in [1.165, 1.54) is 19.2 Å². The van der Waals surface area contributed by atoms with Crippen molar-refractivity contribution in [3.63, 3.8) is 0 Å². The van der Waals surface area contributed by atoms with Crippen molar-refractivity contribution in [2.75, 3.05) is 24.3 Å². The van der Waals surface area contributed by atoms with Crippen molar-refractivity contribution in [1.82, 2.24) is 4.57 Å². The number of carbonyl (C=O) groups excluding carboxylic acids is 1. The first kappa shape index (κ1) is 19.8. The Morgan fingerprint density at radius 2 is 2.04 bits per heavy atom. The van der Waals surface area contributed by atoms with E-state index in [1.54, 1.807) is 6.92 Å². The number of ether oxygens (including phenoxy) is 1. The van der Waals surface area contributed by atoms with E-state index in [0.29, 0.717) is 0 Å². The van der Waals surface area contributed by atoms with Crippen LogP contribution in [0.5, 0.6) is 0 Å². The summed E-state index contributed by atoms with van der Waals surface area (Å²) in [4.78, 5) is 11.9. The number of aromatic nitrogens is 1. The normalized spacial score (nSPS) is 16.0. The summed E-state index contributed by atoms with van der Waals surface area (Å²) in [5.74, 6) is -2.96. The van der Waals surface area contributed by atoms with Crippen LogP contribution in [0.25, 0.3) is 0 Å². The van der Waals surface area contributed by atoms with Gasteiger partial charge in [-0.1, -0.05) is 18.5 Å². The highest BCUT2D eigenvalue weighted by molar-refractivity contribution is 7.91. The second kappa shape index (κ2) is 6.88. The number of amides is 1. The van der Waals surface area contributed by atoms with Gasteiger partial charge in [0.15, 0.2) is 15.7 Å². The van der Waals surface area contributed by atoms with Crippen LogP contribution in [0, 0.1) is 17.0 Å². The van der Waals surface area contributed by atoms with Crippen molar-refractivity contribution in [1.29, 1.82) is 0 Å². The molecule has 0 saturated carbocycles. The largest absolute Gasteiger partial charge is 0.380 e. The van der Waals surface area contributed by atoms with Gasteiger partial charge in [0, 0.05) is 24.3 Å². The molecule has 1 saturated heterocycles. The Balaban J connectivity index is 1.88. The fraction of sp³-hybridized carbons (Fsp3) is 0.353. The fourth-order valence-corrected chi connectivity index (χ4v) is 4.99. The van der Waals surface area contributed by atoms with Crippen molar-refractivity contribution in [2.45, 2.75) is 11.8 Å². The van der Waals surface area contributed by atoms with Gasteiger partial charge in [0.25, 0.3) is 5.91 Å². The molecular weight excluding hydrogens is 402 g/mol. The zero-order valence-electron chi connectivity index (χ0n) is 14.6. The van der Waals surface area contributed by atoms with Gasteiger partial charge in [-0.15, -0.1) is 0 Å². The van der Waals surface area contributed by atoms with Crippen LogP contribution in [0.2, 0.25) is 5.02 Å². The second-order valence-electron chi connectivity index (χ2n) is 6.91. The molecule has 1 aliphatic rings. The van der Waals surface area contributed by atoms with Crippen molar-refractivity contribution in [3.8, 4) is 0 Å². The zero-order chi connectivity index (χ0) is 20.0. The highest BCUT2D eigenvalue weighted by Crippen LogP contribution is 2.32. The minimum absolute atomic E-state index is 0.149. The monoisotopic (exact) mass is 418 g/mol. The molecule has 0 radical (unpaired) electrons. The predicted molar refractivity (Wildman–Crippen MR) is 95.7 cm³/mol. The number of aryl methyl sites for hydroxylation is 1. The molecule has 2 heterocycles. The van der Waals surface area contributed by atoms with E-state index in [1.807, 2.05) is 0 Å². The van der Waals surface area contributed by atoms with Crippen LogP contribution in [0.1, 0.15) is 17.4 Å². The molecule has 6 nitrogen and oxygen atoms in total. The highest BCUT2D eigenvalue weighted by Gasteiger charge is 2.40. The molecule has 1 aromatic carbocycles. The van der Waals surface area contributed by atoms with Crippen molar-refractivity contribution >= 4 is 33.0 Å². The lowest BCUT2D eigenvalue weighted by molar-refractivity contribution is -0.0870. The molecule has 2 aromatic rings. The number of hydrogen-bond acceptors (Lipinski definition) is 4. The molecule has 0 bridgehead atoms. The molecule has 146 valence electrons. The van der Waals surface area contributed by atoms with Gasteiger partial charge in [-0.3, -0.25) is 4.79 Å². The molecule has 0 aliphatic carbocycles. The Kier molecular flexibility index (Phi) is 5.04. The number of carbonyl (C=O) groups is 1. The lowest BCUT2D eigenvalue weighted by Gasteiger charge is -2.37. The van der Waals surface area contributed by atoms with E-state index in [-0.39, 0.29) is 29.7 Å². The van der Waals surface area contributed by atoms with Crippen LogP contribution < -0.4 is 5.32 Å². The smallest absolute Gasteiger partial charge is 0.275 e. The Morgan fingerprint density at radius 1 is 1.37 bits per heavy atom. The van der Waals surface area contributed by atoms with Gasteiger partial charge in [-0.05, 0) is 18.2 Å². The molecule has 3 rings (SSSR count). The number of halogens is 3. The highest BCUT2D eigenvalue weighted by atomic mass is 35.5. The summed E-state index contributed by atoms with van der Waals surface area (Å²) in [6, 6.07) is 3.48. The number of benzene rings is 1. The topological polar surface area (TPSA) is 77.4 Å². The summed E-state index contributed by atoms with van der Waals surface area (Å²) in [7, 11) is -2.59. The van der Waals surface area contributed by atoms with E-state index in [9.17, 15) is 22.0 Å². The van der Waals surface area contributed by atoms with Crippen LogP contribution in [0.3, 0.4) is 0 Å². The summed E-state index contributed by atoms with van der Waals surface area (Å²) in [6.07, 6.45) is 1.07. The average molecular weight is 419 g/mol. The number of sulfone groups is 1. The van der Waals surface area contributed by atoms with Gasteiger partial charge in [0.2, 0.25) is 0 Å². The molecule has 1 amide bonds. The molecule has 1 aliphatic heterocycles. The van der Waals surface area contributed by atoms with E-state index in [2.05, 4.69) is 5.32 Å². The van der Waals surface area contributed by atoms with Gasteiger partial charge in [-0.2, -0.15) is 0 Å². The molecule has 27 heavy (non-hydrogen) atoms. The molecule has 1 aromatic heterocycles. The van der Waals surface area contributed by atoms with Crippen molar-refractivity contribution in [3.05, 3.63) is 46.7 Å². The Labute approximate surface area is 160 Å². The SMILES string of the molecule is Cn1cc(S(=O)(=O)CC2(C)COC2)c(F)c1C(=O)Nc1ccc(F)c(Cl)c1.